The fourth-order valence-electron chi connectivity index (χ4n) is 3.25. The molecule has 1 aliphatic carbocycles. The van der Waals surface area contributed by atoms with E-state index in [1.165, 1.54) is 23.9 Å². The average molecular weight is 293 g/mol. The number of carbonyl (C=O) groups is 1. The lowest BCUT2D eigenvalue weighted by Gasteiger charge is -2.27. The van der Waals surface area contributed by atoms with Crippen molar-refractivity contribution in [2.45, 2.75) is 51.1 Å². The van der Waals surface area contributed by atoms with Crippen LogP contribution in [0, 0.1) is 0 Å². The van der Waals surface area contributed by atoms with E-state index in [-0.39, 0.29) is 11.7 Å². The summed E-state index contributed by atoms with van der Waals surface area (Å²) in [5.74, 6) is 0.774. The quantitative estimate of drug-likeness (QED) is 0.818. The highest BCUT2D eigenvalue weighted by atomic mass is 16.2. The minimum atomic E-state index is -0.0976. The molecule has 1 saturated carbocycles. The summed E-state index contributed by atoms with van der Waals surface area (Å²) in [6.07, 6.45) is 6.49. The zero-order valence-electron chi connectivity index (χ0n) is 12.5. The van der Waals surface area contributed by atoms with Crippen molar-refractivity contribution in [2.24, 2.45) is 7.05 Å². The maximum absolute atomic E-state index is 12.3. The fourth-order valence-corrected chi connectivity index (χ4v) is 3.25. The summed E-state index contributed by atoms with van der Waals surface area (Å²) in [6, 6.07) is 0.323. The standard InChI is InChI=1S/C14H23N5O2/c1-17-14(21)19-10-9-18(8-7-12(19)16-17)13(20)15-11-5-3-2-4-6-11/h11H,2-10H2,1H3,(H,15,20). The van der Waals surface area contributed by atoms with E-state index >= 15 is 0 Å². The van der Waals surface area contributed by atoms with Gasteiger partial charge >= 0.3 is 11.7 Å². The lowest BCUT2D eigenvalue weighted by molar-refractivity contribution is 0.190. The summed E-state index contributed by atoms with van der Waals surface area (Å²) in [6.45, 7) is 1.71. The first-order chi connectivity index (χ1) is 10.1. The number of aryl methyl sites for hydroxylation is 1. The number of rotatable bonds is 1. The van der Waals surface area contributed by atoms with E-state index in [1.54, 1.807) is 11.6 Å². The Hall–Kier alpha value is -1.79. The first-order valence-corrected chi connectivity index (χ1v) is 7.83. The molecule has 1 aromatic rings. The molecule has 7 nitrogen and oxygen atoms in total. The van der Waals surface area contributed by atoms with Crippen molar-refractivity contribution in [3.63, 3.8) is 0 Å². The van der Waals surface area contributed by atoms with Crippen molar-refractivity contribution in [2.75, 3.05) is 13.1 Å². The van der Waals surface area contributed by atoms with Gasteiger partial charge in [0, 0.05) is 39.1 Å². The predicted octanol–water partition coefficient (Wildman–Crippen LogP) is 0.482. The number of hydrogen-bond acceptors (Lipinski definition) is 3. The van der Waals surface area contributed by atoms with Gasteiger partial charge in [-0.3, -0.25) is 4.57 Å². The zero-order chi connectivity index (χ0) is 14.8. The van der Waals surface area contributed by atoms with Crippen LogP contribution in [0.15, 0.2) is 4.79 Å². The third kappa shape index (κ3) is 2.96. The van der Waals surface area contributed by atoms with E-state index in [2.05, 4.69) is 10.4 Å². The molecule has 3 rings (SSSR count). The monoisotopic (exact) mass is 293 g/mol. The van der Waals surface area contributed by atoms with Crippen molar-refractivity contribution in [1.29, 1.82) is 0 Å². The lowest BCUT2D eigenvalue weighted by atomic mass is 9.96. The highest BCUT2D eigenvalue weighted by Gasteiger charge is 2.23. The molecule has 0 unspecified atom stereocenters. The number of hydrogen-bond donors (Lipinski definition) is 1. The molecule has 21 heavy (non-hydrogen) atoms. The molecule has 2 aliphatic rings. The van der Waals surface area contributed by atoms with Gasteiger partial charge in [-0.1, -0.05) is 19.3 Å². The summed E-state index contributed by atoms with van der Waals surface area (Å²) < 4.78 is 3.04. The van der Waals surface area contributed by atoms with Gasteiger partial charge in [-0.25, -0.2) is 14.3 Å². The van der Waals surface area contributed by atoms with E-state index in [9.17, 15) is 9.59 Å². The third-order valence-corrected chi connectivity index (χ3v) is 4.50. The fraction of sp³-hybridized carbons (Fsp3) is 0.786. The van der Waals surface area contributed by atoms with Gasteiger partial charge in [-0.2, -0.15) is 5.10 Å². The van der Waals surface area contributed by atoms with Crippen LogP contribution in [0.3, 0.4) is 0 Å². The van der Waals surface area contributed by atoms with E-state index in [0.29, 0.717) is 32.1 Å². The first-order valence-electron chi connectivity index (χ1n) is 7.83. The smallest absolute Gasteiger partial charge is 0.335 e. The molecule has 0 atom stereocenters. The van der Waals surface area contributed by atoms with E-state index in [4.69, 9.17) is 0 Å². The SMILES string of the molecule is Cn1nc2n(c1=O)CCN(C(=O)NC1CCCCC1)CC2. The number of amides is 2. The number of aromatic nitrogens is 3. The van der Waals surface area contributed by atoms with Crippen LogP contribution in [-0.4, -0.2) is 44.4 Å². The molecular formula is C14H23N5O2. The van der Waals surface area contributed by atoms with Crippen LogP contribution in [0.25, 0.3) is 0 Å². The Morgan fingerprint density at radius 2 is 1.95 bits per heavy atom. The minimum Gasteiger partial charge on any atom is -0.335 e. The maximum atomic E-state index is 12.3. The zero-order valence-corrected chi connectivity index (χ0v) is 12.5. The molecule has 2 amide bonds. The first kappa shape index (κ1) is 14.2. The highest BCUT2D eigenvalue weighted by Crippen LogP contribution is 2.17. The number of urea groups is 1. The Labute approximate surface area is 123 Å². The molecule has 1 fully saturated rings. The molecule has 0 saturated heterocycles. The van der Waals surface area contributed by atoms with Crippen molar-refractivity contribution in [3.05, 3.63) is 16.3 Å². The van der Waals surface area contributed by atoms with Crippen molar-refractivity contribution in [3.8, 4) is 0 Å². The Bertz CT molecular complexity index is 570. The molecule has 0 aromatic carbocycles. The van der Waals surface area contributed by atoms with Gasteiger partial charge in [0.15, 0.2) is 0 Å². The summed E-state index contributed by atoms with van der Waals surface area (Å²) in [4.78, 5) is 26.1. The van der Waals surface area contributed by atoms with Gasteiger partial charge in [0.25, 0.3) is 0 Å². The molecule has 116 valence electrons. The number of carbonyl (C=O) groups excluding carboxylic acids is 1. The second-order valence-electron chi connectivity index (χ2n) is 6.00. The Morgan fingerprint density at radius 3 is 2.71 bits per heavy atom. The van der Waals surface area contributed by atoms with Crippen LogP contribution in [-0.2, 0) is 20.0 Å². The van der Waals surface area contributed by atoms with Crippen LogP contribution >= 0.6 is 0 Å². The van der Waals surface area contributed by atoms with Gasteiger partial charge in [0.05, 0.1) is 0 Å². The molecule has 0 bridgehead atoms. The van der Waals surface area contributed by atoms with Crippen LogP contribution < -0.4 is 11.0 Å². The van der Waals surface area contributed by atoms with Crippen molar-refractivity contribution >= 4 is 6.03 Å². The molecule has 1 aromatic heterocycles. The van der Waals surface area contributed by atoms with Crippen LogP contribution in [0.1, 0.15) is 37.9 Å². The predicted molar refractivity (Wildman–Crippen MR) is 78.1 cm³/mol. The highest BCUT2D eigenvalue weighted by molar-refractivity contribution is 5.74. The number of nitrogens with one attached hydrogen (secondary N) is 1. The third-order valence-electron chi connectivity index (χ3n) is 4.50. The summed E-state index contributed by atoms with van der Waals surface area (Å²) >= 11 is 0. The van der Waals surface area contributed by atoms with Gasteiger partial charge in [-0.05, 0) is 12.8 Å². The molecule has 1 aliphatic heterocycles. The van der Waals surface area contributed by atoms with Crippen LogP contribution in [0.2, 0.25) is 0 Å². The van der Waals surface area contributed by atoms with Crippen molar-refractivity contribution in [1.82, 2.24) is 24.6 Å². The molecule has 0 spiro atoms. The topological polar surface area (TPSA) is 72.2 Å². The van der Waals surface area contributed by atoms with Crippen LogP contribution in [0.4, 0.5) is 4.79 Å². The second kappa shape index (κ2) is 5.91. The largest absolute Gasteiger partial charge is 0.345 e. The van der Waals surface area contributed by atoms with Crippen molar-refractivity contribution < 1.29 is 4.79 Å². The van der Waals surface area contributed by atoms with Gasteiger partial charge < -0.3 is 10.2 Å². The summed E-state index contributed by atoms with van der Waals surface area (Å²) in [7, 11) is 1.66. The van der Waals surface area contributed by atoms with E-state index in [0.717, 1.165) is 18.7 Å². The summed E-state index contributed by atoms with van der Waals surface area (Å²) in [5, 5.41) is 7.36. The maximum Gasteiger partial charge on any atom is 0.345 e. The number of nitrogens with zero attached hydrogens (tertiary/aromatic N) is 4. The Balaban J connectivity index is 1.61. The van der Waals surface area contributed by atoms with E-state index < -0.39 is 0 Å². The number of fused-ring (bicyclic) bond motifs is 1. The summed E-state index contributed by atoms with van der Waals surface area (Å²) in [5.41, 5.74) is -0.0976. The molecular weight excluding hydrogens is 270 g/mol. The Morgan fingerprint density at radius 1 is 1.19 bits per heavy atom. The minimum absolute atomic E-state index is 0.00415. The molecule has 1 N–H and O–H groups in total. The lowest BCUT2D eigenvalue weighted by Crippen LogP contribution is -2.46. The second-order valence-corrected chi connectivity index (χ2v) is 6.00. The molecule has 0 radical (unpaired) electrons. The van der Waals surface area contributed by atoms with Gasteiger partial charge in [-0.15, -0.1) is 0 Å². The van der Waals surface area contributed by atoms with Gasteiger partial charge in [0.1, 0.15) is 5.82 Å². The molecule has 2 heterocycles. The Kier molecular flexibility index (Phi) is 3.98. The average Bonchev–Trinajstić information content (AvgIpc) is 2.66. The molecule has 7 heteroatoms. The van der Waals surface area contributed by atoms with Gasteiger partial charge in [0.2, 0.25) is 0 Å². The normalized spacial score (nSPS) is 20.0. The van der Waals surface area contributed by atoms with E-state index in [1.807, 2.05) is 4.90 Å². The van der Waals surface area contributed by atoms with Crippen LogP contribution in [0.5, 0.6) is 0 Å².